The maximum atomic E-state index is 6.18. The SMILES string of the molecule is Cc1nn2cc(-c3cc4c(OCc5cccc(OCc6ccccc6)c5)cccc4o3)nc2s1. The number of aryl methyl sites for hydroxylation is 1. The fraction of sp³-hybridized carbons (Fsp3) is 0.111. The lowest BCUT2D eigenvalue weighted by Crippen LogP contribution is -1.98. The number of aromatic nitrogens is 3. The monoisotopic (exact) mass is 467 g/mol. The van der Waals surface area contributed by atoms with E-state index >= 15 is 0 Å². The predicted octanol–water partition coefficient (Wildman–Crippen LogP) is 6.67. The first-order chi connectivity index (χ1) is 16.7. The van der Waals surface area contributed by atoms with E-state index in [1.807, 2.05) is 79.9 Å². The Morgan fingerprint density at radius 1 is 0.882 bits per heavy atom. The van der Waals surface area contributed by atoms with Crippen molar-refractivity contribution in [3.8, 4) is 23.0 Å². The molecule has 0 aliphatic rings. The molecule has 6 nitrogen and oxygen atoms in total. The van der Waals surface area contributed by atoms with E-state index in [0.717, 1.165) is 49.3 Å². The van der Waals surface area contributed by atoms with E-state index < -0.39 is 0 Å². The average molecular weight is 468 g/mol. The summed E-state index contributed by atoms with van der Waals surface area (Å²) in [6.07, 6.45) is 1.89. The van der Waals surface area contributed by atoms with Gasteiger partial charge in [0.25, 0.3) is 0 Å². The molecule has 0 saturated heterocycles. The minimum atomic E-state index is 0.422. The zero-order valence-electron chi connectivity index (χ0n) is 18.5. The number of rotatable bonds is 7. The summed E-state index contributed by atoms with van der Waals surface area (Å²) >= 11 is 1.55. The maximum Gasteiger partial charge on any atom is 0.212 e. The Hall–Kier alpha value is -4.10. The largest absolute Gasteiger partial charge is 0.489 e. The van der Waals surface area contributed by atoms with Crippen LogP contribution in [0.15, 0.2) is 89.5 Å². The molecule has 0 aliphatic heterocycles. The molecule has 0 amide bonds. The van der Waals surface area contributed by atoms with Gasteiger partial charge >= 0.3 is 0 Å². The van der Waals surface area contributed by atoms with E-state index in [1.54, 1.807) is 15.9 Å². The fourth-order valence-electron chi connectivity index (χ4n) is 3.83. The minimum absolute atomic E-state index is 0.422. The molecule has 0 fully saturated rings. The molecule has 168 valence electrons. The predicted molar refractivity (Wildman–Crippen MR) is 132 cm³/mol. The molecule has 0 N–H and O–H groups in total. The highest BCUT2D eigenvalue weighted by Crippen LogP contribution is 2.34. The highest BCUT2D eigenvalue weighted by Gasteiger charge is 2.15. The van der Waals surface area contributed by atoms with Crippen molar-refractivity contribution in [3.05, 3.63) is 101 Å². The van der Waals surface area contributed by atoms with Crippen molar-refractivity contribution in [1.82, 2.24) is 14.6 Å². The molecule has 0 atom stereocenters. The van der Waals surface area contributed by atoms with Gasteiger partial charge in [0, 0.05) is 0 Å². The summed E-state index contributed by atoms with van der Waals surface area (Å²) in [6.45, 7) is 2.92. The number of hydrogen-bond acceptors (Lipinski definition) is 6. The number of fused-ring (bicyclic) bond motifs is 2. The number of benzene rings is 3. The van der Waals surface area contributed by atoms with Crippen LogP contribution in [-0.2, 0) is 13.2 Å². The Labute approximate surface area is 200 Å². The lowest BCUT2D eigenvalue weighted by atomic mass is 10.2. The molecule has 6 aromatic rings. The third-order valence-electron chi connectivity index (χ3n) is 5.46. The van der Waals surface area contributed by atoms with E-state index in [0.29, 0.717) is 19.0 Å². The second kappa shape index (κ2) is 8.68. The van der Waals surface area contributed by atoms with Crippen LogP contribution in [0.25, 0.3) is 27.4 Å². The molecule has 3 aromatic heterocycles. The summed E-state index contributed by atoms with van der Waals surface area (Å²) in [5.41, 5.74) is 3.68. The number of furan rings is 1. The van der Waals surface area contributed by atoms with Crippen molar-refractivity contribution < 1.29 is 13.9 Å². The summed E-state index contributed by atoms with van der Waals surface area (Å²) in [4.78, 5) is 5.49. The molecule has 6 rings (SSSR count). The smallest absolute Gasteiger partial charge is 0.212 e. The zero-order chi connectivity index (χ0) is 22.9. The minimum Gasteiger partial charge on any atom is -0.489 e. The standard InChI is InChI=1S/C27H21N3O3S/c1-18-29-30-15-23(28-27(30)34-18)26-14-22-24(11-6-12-25(22)33-26)32-17-20-9-5-10-21(13-20)31-16-19-7-3-2-4-8-19/h2-15H,16-17H2,1H3. The highest BCUT2D eigenvalue weighted by atomic mass is 32.1. The van der Waals surface area contributed by atoms with Gasteiger partial charge in [-0.2, -0.15) is 5.10 Å². The van der Waals surface area contributed by atoms with E-state index in [9.17, 15) is 0 Å². The molecule has 0 unspecified atom stereocenters. The quantitative estimate of drug-likeness (QED) is 0.262. The Morgan fingerprint density at radius 2 is 1.71 bits per heavy atom. The Balaban J connectivity index is 1.19. The molecule has 0 radical (unpaired) electrons. The molecule has 3 aromatic carbocycles. The van der Waals surface area contributed by atoms with Crippen molar-refractivity contribution in [1.29, 1.82) is 0 Å². The Kier molecular flexibility index (Phi) is 5.24. The van der Waals surface area contributed by atoms with Crippen LogP contribution >= 0.6 is 11.3 Å². The van der Waals surface area contributed by atoms with Gasteiger partial charge in [-0.3, -0.25) is 0 Å². The molecule has 7 heteroatoms. The van der Waals surface area contributed by atoms with Crippen LogP contribution in [0, 0.1) is 6.92 Å². The van der Waals surface area contributed by atoms with Crippen LogP contribution in [-0.4, -0.2) is 14.6 Å². The van der Waals surface area contributed by atoms with Gasteiger partial charge in [0.1, 0.15) is 41.0 Å². The van der Waals surface area contributed by atoms with E-state index in [-0.39, 0.29) is 0 Å². The van der Waals surface area contributed by atoms with Gasteiger partial charge in [0.05, 0.1) is 11.6 Å². The van der Waals surface area contributed by atoms with Crippen molar-refractivity contribution in [2.24, 2.45) is 0 Å². The summed E-state index contributed by atoms with van der Waals surface area (Å²) in [5, 5.41) is 6.31. The van der Waals surface area contributed by atoms with E-state index in [2.05, 4.69) is 22.2 Å². The summed E-state index contributed by atoms with van der Waals surface area (Å²) < 4.78 is 20.0. The Bertz CT molecular complexity index is 1550. The molecular weight excluding hydrogens is 446 g/mol. The normalized spacial score (nSPS) is 11.3. The van der Waals surface area contributed by atoms with Crippen molar-refractivity contribution >= 4 is 27.3 Å². The third kappa shape index (κ3) is 4.13. The first kappa shape index (κ1) is 20.5. The zero-order valence-corrected chi connectivity index (χ0v) is 19.3. The van der Waals surface area contributed by atoms with Gasteiger partial charge in [0.2, 0.25) is 4.96 Å². The van der Waals surface area contributed by atoms with Gasteiger partial charge in [0.15, 0.2) is 5.76 Å². The lowest BCUT2D eigenvalue weighted by Gasteiger charge is -2.10. The van der Waals surface area contributed by atoms with E-state index in [1.165, 1.54) is 0 Å². The highest BCUT2D eigenvalue weighted by molar-refractivity contribution is 7.16. The third-order valence-corrected chi connectivity index (χ3v) is 6.30. The lowest BCUT2D eigenvalue weighted by molar-refractivity contribution is 0.297. The van der Waals surface area contributed by atoms with Crippen molar-refractivity contribution in [3.63, 3.8) is 0 Å². The molecule has 3 heterocycles. The molecule has 0 spiro atoms. The maximum absolute atomic E-state index is 6.18. The number of ether oxygens (including phenoxy) is 2. The second-order valence-corrected chi connectivity index (χ2v) is 9.12. The second-order valence-electron chi connectivity index (χ2n) is 7.96. The molecule has 0 aliphatic carbocycles. The number of nitrogens with zero attached hydrogens (tertiary/aromatic N) is 3. The van der Waals surface area contributed by atoms with Crippen LogP contribution in [0.3, 0.4) is 0 Å². The summed E-state index contributed by atoms with van der Waals surface area (Å²) in [7, 11) is 0. The van der Waals surface area contributed by atoms with Gasteiger partial charge in [-0.05, 0) is 48.4 Å². The topological polar surface area (TPSA) is 61.8 Å². The fourth-order valence-corrected chi connectivity index (χ4v) is 4.56. The number of imidazole rings is 1. The first-order valence-corrected chi connectivity index (χ1v) is 11.8. The van der Waals surface area contributed by atoms with Crippen LogP contribution in [0.2, 0.25) is 0 Å². The van der Waals surface area contributed by atoms with Gasteiger partial charge in [-0.15, -0.1) is 0 Å². The molecular formula is C27H21N3O3S. The van der Waals surface area contributed by atoms with Gasteiger partial charge < -0.3 is 13.9 Å². The van der Waals surface area contributed by atoms with E-state index in [4.69, 9.17) is 13.9 Å². The molecule has 34 heavy (non-hydrogen) atoms. The first-order valence-electron chi connectivity index (χ1n) is 11.0. The molecule has 0 saturated carbocycles. The number of hydrogen-bond donors (Lipinski definition) is 0. The summed E-state index contributed by atoms with van der Waals surface area (Å²) in [5.74, 6) is 2.27. The van der Waals surface area contributed by atoms with Crippen molar-refractivity contribution in [2.75, 3.05) is 0 Å². The van der Waals surface area contributed by atoms with Crippen LogP contribution in [0.5, 0.6) is 11.5 Å². The van der Waals surface area contributed by atoms with Crippen LogP contribution in [0.1, 0.15) is 16.1 Å². The Morgan fingerprint density at radius 3 is 2.59 bits per heavy atom. The van der Waals surface area contributed by atoms with Gasteiger partial charge in [-0.25, -0.2) is 9.50 Å². The van der Waals surface area contributed by atoms with Crippen LogP contribution < -0.4 is 9.47 Å². The van der Waals surface area contributed by atoms with Crippen LogP contribution in [0.4, 0.5) is 0 Å². The molecule has 0 bridgehead atoms. The van der Waals surface area contributed by atoms with Crippen molar-refractivity contribution in [2.45, 2.75) is 20.1 Å². The van der Waals surface area contributed by atoms with Gasteiger partial charge in [-0.1, -0.05) is 59.9 Å². The summed E-state index contributed by atoms with van der Waals surface area (Å²) in [6, 6.07) is 25.9. The average Bonchev–Trinajstić information content (AvgIpc) is 3.55.